The SMILES string of the molecule is CC.CCCN(c1nc(OC)nc2c(F)c(-c3ccc(F)c4sc(N)c(C#N)c34)c(Cl)c(OC)c12)C1CC(CN(C)C(=O)n2ccnc2)C1.FC1CC2CCCN2C1. The number of rotatable bonds is 9. The van der Waals surface area contributed by atoms with Crippen molar-refractivity contribution in [2.24, 2.45) is 5.92 Å². The predicted octanol–water partition coefficient (Wildman–Crippen LogP) is 8.92. The van der Waals surface area contributed by atoms with Crippen molar-refractivity contribution >= 4 is 60.8 Å². The average molecular weight is 840 g/mol. The number of halogens is 4. The monoisotopic (exact) mass is 839 g/mol. The summed E-state index contributed by atoms with van der Waals surface area (Å²) in [5, 5.41) is 10.3. The first-order valence-corrected chi connectivity index (χ1v) is 20.8. The number of anilines is 2. The van der Waals surface area contributed by atoms with Crippen LogP contribution < -0.4 is 20.1 Å². The summed E-state index contributed by atoms with van der Waals surface area (Å²) < 4.78 is 57.2. The highest BCUT2D eigenvalue weighted by molar-refractivity contribution is 7.23. The lowest BCUT2D eigenvalue weighted by Crippen LogP contribution is -2.49. The van der Waals surface area contributed by atoms with Gasteiger partial charge in [0, 0.05) is 62.1 Å². The summed E-state index contributed by atoms with van der Waals surface area (Å²) in [6, 6.07) is 4.97. The molecule has 2 aromatic carbocycles. The maximum absolute atomic E-state index is 16.9. The van der Waals surface area contributed by atoms with Gasteiger partial charge in [0.05, 0.1) is 34.9 Å². The lowest BCUT2D eigenvalue weighted by Gasteiger charge is -2.45. The van der Waals surface area contributed by atoms with Crippen LogP contribution in [0.1, 0.15) is 64.9 Å². The van der Waals surface area contributed by atoms with Crippen molar-refractivity contribution in [3.63, 3.8) is 0 Å². The number of aromatic nitrogens is 4. The maximum atomic E-state index is 16.9. The van der Waals surface area contributed by atoms with Gasteiger partial charge in [-0.3, -0.25) is 9.47 Å². The van der Waals surface area contributed by atoms with Gasteiger partial charge in [-0.15, -0.1) is 11.3 Å². The van der Waals surface area contributed by atoms with E-state index in [1.54, 1.807) is 24.3 Å². The zero-order chi connectivity index (χ0) is 41.8. The van der Waals surface area contributed by atoms with E-state index >= 15 is 4.39 Å². The van der Waals surface area contributed by atoms with Crippen LogP contribution in [0.2, 0.25) is 5.02 Å². The Balaban J connectivity index is 0.000000445. The molecule has 8 rings (SSSR count). The Bertz CT molecular complexity index is 2290. The second-order valence-corrected chi connectivity index (χ2v) is 15.9. The topological polar surface area (TPSA) is 139 Å². The van der Waals surface area contributed by atoms with Gasteiger partial charge in [-0.25, -0.2) is 22.9 Å². The minimum atomic E-state index is -0.808. The summed E-state index contributed by atoms with van der Waals surface area (Å²) in [5.41, 5.74) is 6.04. The average Bonchev–Trinajstić information content (AvgIpc) is 4.02. The van der Waals surface area contributed by atoms with Crippen molar-refractivity contribution in [2.45, 2.75) is 77.6 Å². The van der Waals surface area contributed by atoms with Crippen LogP contribution in [0.3, 0.4) is 0 Å². The van der Waals surface area contributed by atoms with Gasteiger partial charge >= 0.3 is 12.0 Å². The molecule has 17 heteroatoms. The fraction of sp³-hybridized carbons (Fsp3) is 0.488. The van der Waals surface area contributed by atoms with Crippen LogP contribution in [-0.2, 0) is 0 Å². The standard InChI is InChI=1S/C32H31ClF2N8O3S.C7H12FN.C2H6/c1-5-9-43(17-11-16(12-17)14-41(2)32(44)42-10-8-38-15-42)30-23-26(39-31(40-30)46-4)25(35)22(24(33)27(23)45-3)18-6-7-20(34)28-21(18)19(13-36)29(37)47-28;8-6-4-7-2-1-3-9(7)5-6;1-2/h6-8,10,15-17H,5,9,11-12,14,37H2,1-4H3;6-7H,1-5H2;1-2H3. The summed E-state index contributed by atoms with van der Waals surface area (Å²) in [4.78, 5) is 31.8. The molecule has 2 unspecified atom stereocenters. The van der Waals surface area contributed by atoms with E-state index in [1.807, 2.05) is 26.8 Å². The minimum absolute atomic E-state index is 0.0226. The van der Waals surface area contributed by atoms with E-state index in [0.29, 0.717) is 31.5 Å². The van der Waals surface area contributed by atoms with E-state index in [1.165, 1.54) is 50.1 Å². The summed E-state index contributed by atoms with van der Waals surface area (Å²) in [6.45, 7) is 9.02. The lowest BCUT2D eigenvalue weighted by atomic mass is 9.78. The number of hydrogen-bond donors (Lipinski definition) is 1. The molecule has 1 aliphatic carbocycles. The zero-order valence-corrected chi connectivity index (χ0v) is 35.1. The van der Waals surface area contributed by atoms with Crippen LogP contribution >= 0.6 is 22.9 Å². The number of amides is 1. The molecule has 0 radical (unpaired) electrons. The smallest absolute Gasteiger partial charge is 0.329 e. The van der Waals surface area contributed by atoms with Crippen LogP contribution in [-0.4, -0.2) is 101 Å². The number of hydrogen-bond acceptors (Lipinski definition) is 11. The van der Waals surface area contributed by atoms with Crippen molar-refractivity contribution in [3.05, 3.63) is 53.1 Å². The number of nitriles is 1. The zero-order valence-electron chi connectivity index (χ0n) is 33.6. The summed E-state index contributed by atoms with van der Waals surface area (Å²) in [7, 11) is 4.56. The Hall–Kier alpha value is -4.85. The van der Waals surface area contributed by atoms with E-state index in [2.05, 4.69) is 24.8 Å². The molecule has 310 valence electrons. The molecule has 5 aromatic rings. The van der Waals surface area contributed by atoms with Crippen molar-refractivity contribution in [2.75, 3.05) is 58.1 Å². The van der Waals surface area contributed by atoms with Crippen LogP contribution in [0, 0.1) is 28.9 Å². The molecule has 2 atom stereocenters. The number of carbonyl (C=O) groups is 1. The van der Waals surface area contributed by atoms with Gasteiger partial charge in [0.15, 0.2) is 11.6 Å². The lowest BCUT2D eigenvalue weighted by molar-refractivity contribution is 0.169. The van der Waals surface area contributed by atoms with Crippen molar-refractivity contribution < 1.29 is 27.4 Å². The molecule has 2 N–H and O–H groups in total. The Kier molecular flexibility index (Phi) is 13.5. The van der Waals surface area contributed by atoms with Crippen LogP contribution in [0.15, 0.2) is 30.9 Å². The second-order valence-electron chi connectivity index (χ2n) is 14.5. The van der Waals surface area contributed by atoms with E-state index in [0.717, 1.165) is 43.6 Å². The number of carbonyl (C=O) groups excluding carboxylic acids is 1. The number of benzene rings is 2. The van der Waals surface area contributed by atoms with E-state index in [9.17, 15) is 18.8 Å². The first-order chi connectivity index (χ1) is 28.0. The molecule has 3 aromatic heterocycles. The molecule has 1 saturated carbocycles. The number of nitrogens with zero attached hydrogens (tertiary/aromatic N) is 8. The van der Waals surface area contributed by atoms with Gasteiger partial charge in [0.1, 0.15) is 40.7 Å². The first kappa shape index (κ1) is 42.7. The third-order valence-corrected chi connectivity index (χ3v) is 12.3. The van der Waals surface area contributed by atoms with Crippen LogP contribution in [0.4, 0.5) is 28.8 Å². The molecule has 5 heterocycles. The molecule has 12 nitrogen and oxygen atoms in total. The summed E-state index contributed by atoms with van der Waals surface area (Å²) in [5.74, 6) is -0.655. The van der Waals surface area contributed by atoms with E-state index < -0.39 is 17.8 Å². The third-order valence-electron chi connectivity index (χ3n) is 11.0. The highest BCUT2D eigenvalue weighted by Gasteiger charge is 2.38. The molecule has 2 saturated heterocycles. The number of thiophene rings is 1. The summed E-state index contributed by atoms with van der Waals surface area (Å²) >= 11 is 7.86. The van der Waals surface area contributed by atoms with Crippen molar-refractivity contribution in [1.82, 2.24) is 29.3 Å². The Morgan fingerprint density at radius 1 is 1.16 bits per heavy atom. The highest BCUT2D eigenvalue weighted by atomic mass is 35.5. The molecule has 2 aliphatic heterocycles. The Morgan fingerprint density at radius 3 is 2.55 bits per heavy atom. The van der Waals surface area contributed by atoms with Crippen molar-refractivity contribution in [1.29, 1.82) is 5.26 Å². The van der Waals surface area contributed by atoms with Gasteiger partial charge in [-0.1, -0.05) is 38.4 Å². The van der Waals surface area contributed by atoms with Crippen LogP contribution in [0.25, 0.3) is 32.1 Å². The van der Waals surface area contributed by atoms with Gasteiger partial charge in [0.2, 0.25) is 0 Å². The van der Waals surface area contributed by atoms with Crippen molar-refractivity contribution in [3.8, 4) is 29.0 Å². The number of methoxy groups -OCH3 is 2. The second kappa shape index (κ2) is 18.4. The number of imidazole rings is 1. The Morgan fingerprint density at radius 2 is 1.91 bits per heavy atom. The van der Waals surface area contributed by atoms with E-state index in [4.69, 9.17) is 26.8 Å². The van der Waals surface area contributed by atoms with Gasteiger partial charge in [-0.2, -0.15) is 15.2 Å². The Labute approximate surface area is 345 Å². The predicted molar refractivity (Wildman–Crippen MR) is 223 cm³/mol. The molecule has 58 heavy (non-hydrogen) atoms. The molecular weight excluding hydrogens is 791 g/mol. The molecule has 3 aliphatic rings. The molecular formula is C41H49ClF3N9O3S. The molecule has 3 fully saturated rings. The number of ether oxygens (including phenoxy) is 2. The maximum Gasteiger partial charge on any atom is 0.329 e. The number of nitrogen functional groups attached to an aromatic ring is 1. The summed E-state index contributed by atoms with van der Waals surface area (Å²) in [6.07, 6.45) is 9.73. The van der Waals surface area contributed by atoms with Gasteiger partial charge in [-0.05, 0) is 62.6 Å². The highest BCUT2D eigenvalue weighted by Crippen LogP contribution is 2.51. The van der Waals surface area contributed by atoms with Gasteiger partial charge in [0.25, 0.3) is 0 Å². The number of fused-ring (bicyclic) bond motifs is 3. The normalized spacial score (nSPS) is 19.7. The fourth-order valence-electron chi connectivity index (χ4n) is 8.34. The van der Waals surface area contributed by atoms with Crippen LogP contribution in [0.5, 0.6) is 11.8 Å². The molecule has 1 amide bonds. The number of nitrogens with two attached hydrogens (primary N) is 1. The quantitative estimate of drug-likeness (QED) is 0.153. The first-order valence-electron chi connectivity index (χ1n) is 19.6. The number of alkyl halides is 1. The molecule has 0 spiro atoms. The largest absolute Gasteiger partial charge is 0.494 e. The fourth-order valence-corrected chi connectivity index (χ4v) is 9.64. The van der Waals surface area contributed by atoms with E-state index in [-0.39, 0.29) is 77.5 Å². The molecule has 0 bridgehead atoms. The minimum Gasteiger partial charge on any atom is -0.494 e. The third kappa shape index (κ3) is 8.08. The van der Waals surface area contributed by atoms with Gasteiger partial charge < -0.3 is 25.0 Å².